The number of halogens is 2. The Labute approximate surface area is 118 Å². The van der Waals surface area contributed by atoms with Gasteiger partial charge in [0.05, 0.1) is 9.40 Å². The summed E-state index contributed by atoms with van der Waals surface area (Å²) < 4.78 is 13.5. The molecular formula is C11H14BrFN2O2S. The number of nitrogens with one attached hydrogen (secondary N) is 1. The normalized spacial score (nSPS) is 12.2. The minimum absolute atomic E-state index is 0.0363. The van der Waals surface area contributed by atoms with Crippen molar-refractivity contribution in [1.29, 1.82) is 0 Å². The van der Waals surface area contributed by atoms with E-state index >= 15 is 0 Å². The summed E-state index contributed by atoms with van der Waals surface area (Å²) in [5, 5.41) is 13.9. The summed E-state index contributed by atoms with van der Waals surface area (Å²) in [6.45, 7) is 3.95. The standard InChI is InChI=1S/C11H14BrFN2O2S/c1-3-18-6-7(2)14-10-5-9(13)8(12)4-11(10)15(16)17/h4-5,7,14H,3,6H2,1-2H3. The number of nitro benzene ring substituents is 1. The first kappa shape index (κ1) is 15.2. The highest BCUT2D eigenvalue weighted by Gasteiger charge is 2.18. The number of hydrogen-bond acceptors (Lipinski definition) is 4. The third-order valence-electron chi connectivity index (χ3n) is 2.21. The molecule has 1 aromatic rings. The summed E-state index contributed by atoms with van der Waals surface area (Å²) in [5.74, 6) is 1.27. The minimum Gasteiger partial charge on any atom is -0.376 e. The molecule has 1 aromatic carbocycles. The van der Waals surface area contributed by atoms with Crippen LogP contribution >= 0.6 is 27.7 Å². The van der Waals surface area contributed by atoms with Gasteiger partial charge in [-0.3, -0.25) is 10.1 Å². The number of anilines is 1. The Morgan fingerprint density at radius 1 is 1.61 bits per heavy atom. The summed E-state index contributed by atoms with van der Waals surface area (Å²) >= 11 is 4.67. The lowest BCUT2D eigenvalue weighted by atomic mass is 10.2. The van der Waals surface area contributed by atoms with Gasteiger partial charge in [0.2, 0.25) is 0 Å². The van der Waals surface area contributed by atoms with Crippen LogP contribution in [0.25, 0.3) is 0 Å². The lowest BCUT2D eigenvalue weighted by Gasteiger charge is -2.15. The molecule has 0 radical (unpaired) electrons. The zero-order chi connectivity index (χ0) is 13.7. The van der Waals surface area contributed by atoms with Crippen molar-refractivity contribution < 1.29 is 9.31 Å². The molecule has 1 unspecified atom stereocenters. The van der Waals surface area contributed by atoms with Crippen molar-refractivity contribution in [1.82, 2.24) is 0 Å². The number of nitro groups is 1. The monoisotopic (exact) mass is 336 g/mol. The Morgan fingerprint density at radius 3 is 2.83 bits per heavy atom. The molecule has 0 saturated carbocycles. The summed E-state index contributed by atoms with van der Waals surface area (Å²) in [6, 6.07) is 2.36. The van der Waals surface area contributed by atoms with Crippen LogP contribution in [0.1, 0.15) is 13.8 Å². The van der Waals surface area contributed by atoms with Gasteiger partial charge in [0.15, 0.2) is 0 Å². The molecule has 0 spiro atoms. The highest BCUT2D eigenvalue weighted by molar-refractivity contribution is 9.10. The van der Waals surface area contributed by atoms with E-state index in [9.17, 15) is 14.5 Å². The summed E-state index contributed by atoms with van der Waals surface area (Å²) in [7, 11) is 0. The molecule has 100 valence electrons. The van der Waals surface area contributed by atoms with E-state index in [-0.39, 0.29) is 21.9 Å². The fraction of sp³-hybridized carbons (Fsp3) is 0.455. The van der Waals surface area contributed by atoms with Crippen LogP contribution in [0.3, 0.4) is 0 Å². The maximum absolute atomic E-state index is 13.4. The highest BCUT2D eigenvalue weighted by Crippen LogP contribution is 2.31. The van der Waals surface area contributed by atoms with Crippen LogP contribution in [0.2, 0.25) is 0 Å². The number of hydrogen-bond donors (Lipinski definition) is 1. The Hall–Kier alpha value is -0.820. The minimum atomic E-state index is -0.522. The average Bonchev–Trinajstić information content (AvgIpc) is 2.30. The molecule has 4 nitrogen and oxygen atoms in total. The zero-order valence-electron chi connectivity index (χ0n) is 10.1. The molecule has 0 amide bonds. The molecule has 1 N–H and O–H groups in total. The summed E-state index contributed by atoms with van der Waals surface area (Å²) in [4.78, 5) is 10.4. The van der Waals surface area contributed by atoms with Crippen molar-refractivity contribution in [2.24, 2.45) is 0 Å². The van der Waals surface area contributed by atoms with Crippen molar-refractivity contribution in [2.45, 2.75) is 19.9 Å². The van der Waals surface area contributed by atoms with Gasteiger partial charge in [-0.2, -0.15) is 11.8 Å². The molecule has 0 saturated heterocycles. The number of nitrogens with zero attached hydrogens (tertiary/aromatic N) is 1. The van der Waals surface area contributed by atoms with Gasteiger partial charge in [0.25, 0.3) is 5.69 Å². The van der Waals surface area contributed by atoms with Crippen LogP contribution in [0.15, 0.2) is 16.6 Å². The van der Waals surface area contributed by atoms with E-state index < -0.39 is 10.7 Å². The average molecular weight is 337 g/mol. The van der Waals surface area contributed by atoms with E-state index in [1.165, 1.54) is 6.07 Å². The van der Waals surface area contributed by atoms with Crippen LogP contribution in [0.4, 0.5) is 15.8 Å². The van der Waals surface area contributed by atoms with E-state index in [0.717, 1.165) is 17.6 Å². The van der Waals surface area contributed by atoms with Gasteiger partial charge in [-0.1, -0.05) is 6.92 Å². The molecule has 0 aromatic heterocycles. The third-order valence-corrected chi connectivity index (χ3v) is 3.96. The van der Waals surface area contributed by atoms with E-state index in [1.54, 1.807) is 11.8 Å². The molecule has 0 aliphatic rings. The number of benzene rings is 1. The first-order valence-corrected chi connectivity index (χ1v) is 7.38. The zero-order valence-corrected chi connectivity index (χ0v) is 12.5. The van der Waals surface area contributed by atoms with Gasteiger partial charge in [-0.05, 0) is 28.6 Å². The third kappa shape index (κ3) is 4.13. The number of thioether (sulfide) groups is 1. The Balaban J connectivity index is 2.93. The van der Waals surface area contributed by atoms with Gasteiger partial charge in [0.1, 0.15) is 11.5 Å². The fourth-order valence-electron chi connectivity index (χ4n) is 1.40. The lowest BCUT2D eigenvalue weighted by molar-refractivity contribution is -0.384. The number of rotatable bonds is 6. The summed E-state index contributed by atoms with van der Waals surface area (Å²) in [5.41, 5.74) is 0.0847. The van der Waals surface area contributed by atoms with Crippen LogP contribution in [-0.2, 0) is 0 Å². The second-order valence-electron chi connectivity index (χ2n) is 3.75. The molecule has 7 heteroatoms. The van der Waals surface area contributed by atoms with Gasteiger partial charge < -0.3 is 5.32 Å². The van der Waals surface area contributed by atoms with Gasteiger partial charge in [-0.25, -0.2) is 4.39 Å². The van der Waals surface area contributed by atoms with Crippen molar-refractivity contribution >= 4 is 39.1 Å². The van der Waals surface area contributed by atoms with E-state index in [2.05, 4.69) is 21.2 Å². The molecule has 0 aliphatic heterocycles. The van der Waals surface area contributed by atoms with Crippen LogP contribution in [-0.4, -0.2) is 22.5 Å². The maximum Gasteiger partial charge on any atom is 0.293 e. The van der Waals surface area contributed by atoms with Gasteiger partial charge in [0, 0.05) is 23.9 Å². The first-order chi connectivity index (χ1) is 8.45. The molecule has 1 rings (SSSR count). The van der Waals surface area contributed by atoms with Crippen molar-refractivity contribution in [2.75, 3.05) is 16.8 Å². The predicted molar refractivity (Wildman–Crippen MR) is 76.8 cm³/mol. The second kappa shape index (κ2) is 6.94. The first-order valence-electron chi connectivity index (χ1n) is 5.43. The summed E-state index contributed by atoms with van der Waals surface area (Å²) in [6.07, 6.45) is 0. The molecule has 0 bridgehead atoms. The molecule has 0 heterocycles. The van der Waals surface area contributed by atoms with E-state index in [0.29, 0.717) is 0 Å². The smallest absolute Gasteiger partial charge is 0.293 e. The molecule has 0 fully saturated rings. The quantitative estimate of drug-likeness (QED) is 0.628. The van der Waals surface area contributed by atoms with E-state index in [1.807, 2.05) is 13.8 Å². The Bertz CT molecular complexity index is 445. The SMILES string of the molecule is CCSCC(C)Nc1cc(F)c(Br)cc1[N+](=O)[O-]. The van der Waals surface area contributed by atoms with Gasteiger partial charge in [-0.15, -0.1) is 0 Å². The lowest BCUT2D eigenvalue weighted by Crippen LogP contribution is -2.19. The molecule has 0 aliphatic carbocycles. The second-order valence-corrected chi connectivity index (χ2v) is 5.92. The highest BCUT2D eigenvalue weighted by atomic mass is 79.9. The van der Waals surface area contributed by atoms with Crippen LogP contribution in [0.5, 0.6) is 0 Å². The van der Waals surface area contributed by atoms with Crippen LogP contribution < -0.4 is 5.32 Å². The van der Waals surface area contributed by atoms with Crippen molar-refractivity contribution in [3.8, 4) is 0 Å². The van der Waals surface area contributed by atoms with Crippen LogP contribution in [0, 0.1) is 15.9 Å². The largest absolute Gasteiger partial charge is 0.376 e. The van der Waals surface area contributed by atoms with Crippen molar-refractivity contribution in [3.05, 3.63) is 32.5 Å². The molecular weight excluding hydrogens is 323 g/mol. The van der Waals surface area contributed by atoms with Crippen molar-refractivity contribution in [3.63, 3.8) is 0 Å². The topological polar surface area (TPSA) is 55.2 Å². The van der Waals surface area contributed by atoms with E-state index in [4.69, 9.17) is 0 Å². The Kier molecular flexibility index (Phi) is 5.87. The molecule has 18 heavy (non-hydrogen) atoms. The molecule has 1 atom stereocenters. The predicted octanol–water partition coefficient (Wildman–Crippen LogP) is 4.05. The maximum atomic E-state index is 13.4. The Morgan fingerprint density at radius 2 is 2.28 bits per heavy atom. The fourth-order valence-corrected chi connectivity index (χ4v) is 2.41. The van der Waals surface area contributed by atoms with Gasteiger partial charge >= 0.3 is 0 Å².